The summed E-state index contributed by atoms with van der Waals surface area (Å²) in [7, 11) is -1.30. The molecule has 0 radical (unpaired) electrons. The molecule has 0 fully saturated rings. The van der Waals surface area contributed by atoms with Crippen LogP contribution in [0.5, 0.6) is 0 Å². The third-order valence-corrected chi connectivity index (χ3v) is 4.00. The molecule has 0 bridgehead atoms. The molecule has 20 heavy (non-hydrogen) atoms. The molecular formula is C14H14N4OS. The molecule has 1 unspecified atom stereocenters. The number of aromatic amines is 1. The van der Waals surface area contributed by atoms with Crippen LogP contribution in [0.15, 0.2) is 35.5 Å². The summed E-state index contributed by atoms with van der Waals surface area (Å²) in [4.78, 5) is 16.0. The van der Waals surface area contributed by atoms with Gasteiger partial charge in [-0.2, -0.15) is 0 Å². The van der Waals surface area contributed by atoms with Crippen molar-refractivity contribution >= 4 is 21.8 Å². The Hall–Kier alpha value is -2.08. The molecule has 102 valence electrons. The Labute approximate surface area is 119 Å². The molecule has 3 aromatic rings. The van der Waals surface area contributed by atoms with Gasteiger partial charge < -0.3 is 4.98 Å². The van der Waals surface area contributed by atoms with E-state index in [1.807, 2.05) is 44.2 Å². The van der Waals surface area contributed by atoms with E-state index in [2.05, 4.69) is 19.9 Å². The van der Waals surface area contributed by atoms with Gasteiger partial charge in [0.15, 0.2) is 0 Å². The highest BCUT2D eigenvalue weighted by molar-refractivity contribution is 7.84. The lowest BCUT2D eigenvalue weighted by atomic mass is 10.3. The first-order chi connectivity index (χ1) is 9.61. The van der Waals surface area contributed by atoms with Crippen LogP contribution >= 0.6 is 0 Å². The second kappa shape index (κ2) is 5.13. The number of hydrogen-bond donors (Lipinski definition) is 1. The molecule has 2 heterocycles. The monoisotopic (exact) mass is 286 g/mol. The van der Waals surface area contributed by atoms with Crippen LogP contribution in [0.1, 0.15) is 17.2 Å². The van der Waals surface area contributed by atoms with E-state index in [4.69, 9.17) is 0 Å². The number of aryl methyl sites for hydroxylation is 2. The van der Waals surface area contributed by atoms with Crippen LogP contribution in [0.25, 0.3) is 11.0 Å². The van der Waals surface area contributed by atoms with Crippen molar-refractivity contribution in [3.8, 4) is 0 Å². The fourth-order valence-corrected chi connectivity index (χ4v) is 3.06. The van der Waals surface area contributed by atoms with E-state index in [1.165, 1.54) is 0 Å². The number of H-pyrrole nitrogens is 1. The predicted molar refractivity (Wildman–Crippen MR) is 77.7 cm³/mol. The van der Waals surface area contributed by atoms with Gasteiger partial charge in [0.1, 0.15) is 5.82 Å². The van der Waals surface area contributed by atoms with Gasteiger partial charge in [0.05, 0.1) is 27.6 Å². The standard InChI is InChI=1S/C14H14N4OS/c1-9-7-10(2)16-14(15-9)20(19)8-13-17-11-5-3-4-6-12(11)18-13/h3-7H,8H2,1-2H3,(H,17,18). The minimum absolute atomic E-state index is 0.289. The van der Waals surface area contributed by atoms with Crippen LogP contribution in [0.2, 0.25) is 0 Å². The Morgan fingerprint density at radius 2 is 1.80 bits per heavy atom. The van der Waals surface area contributed by atoms with Crippen molar-refractivity contribution < 1.29 is 4.21 Å². The molecule has 1 aromatic carbocycles. The first-order valence-electron chi connectivity index (χ1n) is 6.26. The van der Waals surface area contributed by atoms with Crippen molar-refractivity contribution in [2.45, 2.75) is 24.8 Å². The zero-order valence-corrected chi connectivity index (χ0v) is 12.1. The van der Waals surface area contributed by atoms with Gasteiger partial charge in [-0.1, -0.05) is 12.1 Å². The summed E-state index contributed by atoms with van der Waals surface area (Å²) in [5.74, 6) is 0.977. The quantitative estimate of drug-likeness (QED) is 0.750. The average Bonchev–Trinajstić information content (AvgIpc) is 2.79. The SMILES string of the molecule is Cc1cc(C)nc(S(=O)Cc2nc3ccccc3[nH]2)n1. The smallest absolute Gasteiger partial charge is 0.219 e. The molecule has 0 aliphatic carbocycles. The predicted octanol–water partition coefficient (Wildman–Crippen LogP) is 2.28. The largest absolute Gasteiger partial charge is 0.341 e. The number of aromatic nitrogens is 4. The summed E-state index contributed by atoms with van der Waals surface area (Å²) in [6.45, 7) is 3.74. The Balaban J connectivity index is 1.88. The van der Waals surface area contributed by atoms with Gasteiger partial charge in [0.25, 0.3) is 0 Å². The second-order valence-corrected chi connectivity index (χ2v) is 5.97. The lowest BCUT2D eigenvalue weighted by Crippen LogP contribution is -2.05. The van der Waals surface area contributed by atoms with Gasteiger partial charge in [0.2, 0.25) is 5.16 Å². The van der Waals surface area contributed by atoms with Gasteiger partial charge in [-0.25, -0.2) is 15.0 Å². The number of fused-ring (bicyclic) bond motifs is 1. The molecule has 1 atom stereocenters. The summed E-state index contributed by atoms with van der Waals surface area (Å²) in [5.41, 5.74) is 3.47. The third-order valence-electron chi connectivity index (χ3n) is 2.87. The van der Waals surface area contributed by atoms with Crippen molar-refractivity contribution in [1.29, 1.82) is 0 Å². The second-order valence-electron chi connectivity index (χ2n) is 4.62. The maximum Gasteiger partial charge on any atom is 0.219 e. The Morgan fingerprint density at radius 3 is 2.50 bits per heavy atom. The maximum absolute atomic E-state index is 12.3. The van der Waals surface area contributed by atoms with E-state index in [1.54, 1.807) is 0 Å². The molecule has 0 aliphatic heterocycles. The van der Waals surface area contributed by atoms with Crippen LogP contribution < -0.4 is 0 Å². The van der Waals surface area contributed by atoms with Gasteiger partial charge >= 0.3 is 0 Å². The highest BCUT2D eigenvalue weighted by Crippen LogP contribution is 2.13. The lowest BCUT2D eigenvalue weighted by molar-refractivity contribution is 0.672. The highest BCUT2D eigenvalue weighted by Gasteiger charge is 2.12. The van der Waals surface area contributed by atoms with Crippen molar-refractivity contribution in [3.63, 3.8) is 0 Å². The van der Waals surface area contributed by atoms with Crippen molar-refractivity contribution in [2.24, 2.45) is 0 Å². The fourth-order valence-electron chi connectivity index (χ4n) is 2.06. The van der Waals surface area contributed by atoms with E-state index in [0.29, 0.717) is 11.0 Å². The molecule has 6 heteroatoms. The fraction of sp³-hybridized carbons (Fsp3) is 0.214. The van der Waals surface area contributed by atoms with E-state index < -0.39 is 10.8 Å². The first kappa shape index (κ1) is 12.9. The van der Waals surface area contributed by atoms with Crippen LogP contribution in [-0.4, -0.2) is 24.1 Å². The molecule has 3 rings (SSSR count). The molecule has 0 spiro atoms. The average molecular weight is 286 g/mol. The number of benzene rings is 1. The van der Waals surface area contributed by atoms with Gasteiger partial charge in [-0.05, 0) is 32.0 Å². The Kier molecular flexibility index (Phi) is 3.31. The minimum Gasteiger partial charge on any atom is -0.341 e. The minimum atomic E-state index is -1.30. The van der Waals surface area contributed by atoms with Crippen molar-refractivity contribution in [3.05, 3.63) is 47.5 Å². The van der Waals surface area contributed by atoms with Gasteiger partial charge in [-0.15, -0.1) is 0 Å². The van der Waals surface area contributed by atoms with Gasteiger partial charge in [-0.3, -0.25) is 4.21 Å². The van der Waals surface area contributed by atoms with Crippen LogP contribution in [-0.2, 0) is 16.6 Å². The van der Waals surface area contributed by atoms with Crippen LogP contribution in [0.3, 0.4) is 0 Å². The van der Waals surface area contributed by atoms with E-state index in [-0.39, 0.29) is 5.75 Å². The summed E-state index contributed by atoms with van der Waals surface area (Å²) in [6, 6.07) is 9.60. The summed E-state index contributed by atoms with van der Waals surface area (Å²) in [6.07, 6.45) is 0. The summed E-state index contributed by atoms with van der Waals surface area (Å²) in [5, 5.41) is 0.364. The lowest BCUT2D eigenvalue weighted by Gasteiger charge is -2.01. The third kappa shape index (κ3) is 2.60. The summed E-state index contributed by atoms with van der Waals surface area (Å²) >= 11 is 0. The Bertz CT molecular complexity index is 743. The topological polar surface area (TPSA) is 71.5 Å². The van der Waals surface area contributed by atoms with Crippen molar-refractivity contribution in [2.75, 3.05) is 0 Å². The van der Waals surface area contributed by atoms with Crippen LogP contribution in [0, 0.1) is 13.8 Å². The maximum atomic E-state index is 12.3. The molecule has 5 nitrogen and oxygen atoms in total. The Morgan fingerprint density at radius 1 is 1.10 bits per heavy atom. The molecular weight excluding hydrogens is 272 g/mol. The van der Waals surface area contributed by atoms with E-state index in [9.17, 15) is 4.21 Å². The van der Waals surface area contributed by atoms with Gasteiger partial charge in [0, 0.05) is 11.4 Å². The number of para-hydroxylation sites is 2. The number of hydrogen-bond acceptors (Lipinski definition) is 4. The van der Waals surface area contributed by atoms with Crippen LogP contribution in [0.4, 0.5) is 0 Å². The van der Waals surface area contributed by atoms with E-state index in [0.717, 1.165) is 22.4 Å². The zero-order valence-electron chi connectivity index (χ0n) is 11.3. The molecule has 2 aromatic heterocycles. The molecule has 0 aliphatic rings. The zero-order chi connectivity index (χ0) is 14.1. The number of nitrogens with zero attached hydrogens (tertiary/aromatic N) is 3. The van der Waals surface area contributed by atoms with Crippen molar-refractivity contribution in [1.82, 2.24) is 19.9 Å². The molecule has 1 N–H and O–H groups in total. The number of nitrogens with one attached hydrogen (secondary N) is 1. The normalized spacial score (nSPS) is 12.7. The number of imidazole rings is 1. The first-order valence-corrected chi connectivity index (χ1v) is 7.58. The summed E-state index contributed by atoms with van der Waals surface area (Å²) < 4.78 is 12.3. The molecule has 0 saturated carbocycles. The van der Waals surface area contributed by atoms with E-state index >= 15 is 0 Å². The molecule has 0 amide bonds. The molecule has 0 saturated heterocycles. The highest BCUT2D eigenvalue weighted by atomic mass is 32.2. The number of rotatable bonds is 3.